The Kier molecular flexibility index (Phi) is 3.99. The quantitative estimate of drug-likeness (QED) is 0.895. The molecule has 0 bridgehead atoms. The van der Waals surface area contributed by atoms with Crippen LogP contribution in [0.15, 0.2) is 27.2 Å². The van der Waals surface area contributed by atoms with E-state index in [1.165, 1.54) is 6.42 Å². The highest BCUT2D eigenvalue weighted by atomic mass is 79.9. The van der Waals surface area contributed by atoms with E-state index in [0.717, 1.165) is 35.0 Å². The number of hydrogen-bond donors (Lipinski definition) is 1. The predicted octanol–water partition coefficient (Wildman–Crippen LogP) is 3.18. The van der Waals surface area contributed by atoms with Crippen LogP contribution < -0.4 is 10.5 Å². The predicted molar refractivity (Wildman–Crippen MR) is 83.0 cm³/mol. The lowest BCUT2D eigenvalue weighted by molar-refractivity contribution is 0.129. The Hall–Kier alpha value is -1.40. The minimum Gasteiger partial charge on any atom is -0.496 e. The molecule has 1 aromatic heterocycles. The molecule has 3 rings (SSSR count). The van der Waals surface area contributed by atoms with Gasteiger partial charge in [-0.25, -0.2) is 0 Å². The molecule has 21 heavy (non-hydrogen) atoms. The van der Waals surface area contributed by atoms with Crippen LogP contribution >= 0.6 is 15.9 Å². The van der Waals surface area contributed by atoms with Crippen LogP contribution in [0.25, 0.3) is 11.4 Å². The van der Waals surface area contributed by atoms with Gasteiger partial charge in [-0.1, -0.05) is 11.6 Å². The Morgan fingerprint density at radius 1 is 1.43 bits per heavy atom. The zero-order valence-electron chi connectivity index (χ0n) is 11.9. The van der Waals surface area contributed by atoms with Crippen LogP contribution in [-0.4, -0.2) is 23.8 Å². The summed E-state index contributed by atoms with van der Waals surface area (Å²) in [6.45, 7) is 0.679. The summed E-state index contributed by atoms with van der Waals surface area (Å²) in [5.41, 5.74) is 6.94. The van der Waals surface area contributed by atoms with Gasteiger partial charge in [0, 0.05) is 12.0 Å². The van der Waals surface area contributed by atoms with Gasteiger partial charge in [-0.05, 0) is 58.9 Å². The molecule has 1 fully saturated rings. The molecule has 2 aromatic rings. The van der Waals surface area contributed by atoms with Crippen molar-refractivity contribution in [2.75, 3.05) is 13.7 Å². The van der Waals surface area contributed by atoms with Gasteiger partial charge >= 0.3 is 0 Å². The van der Waals surface area contributed by atoms with Crippen molar-refractivity contribution in [2.45, 2.75) is 25.7 Å². The molecule has 0 unspecified atom stereocenters. The van der Waals surface area contributed by atoms with Crippen LogP contribution in [0, 0.1) is 5.41 Å². The largest absolute Gasteiger partial charge is 0.496 e. The molecule has 6 heteroatoms. The summed E-state index contributed by atoms with van der Waals surface area (Å²) in [5.74, 6) is 2.04. The van der Waals surface area contributed by atoms with E-state index in [0.29, 0.717) is 18.3 Å². The molecule has 0 radical (unpaired) electrons. The Bertz CT molecular complexity index is 632. The van der Waals surface area contributed by atoms with Crippen molar-refractivity contribution in [3.8, 4) is 17.1 Å². The maximum atomic E-state index is 5.88. The lowest BCUT2D eigenvalue weighted by atomic mass is 9.67. The van der Waals surface area contributed by atoms with Gasteiger partial charge in [0.2, 0.25) is 11.7 Å². The number of aromatic nitrogens is 2. The zero-order chi connectivity index (χ0) is 14.9. The number of nitrogens with zero attached hydrogens (tertiary/aromatic N) is 2. The molecule has 1 aromatic carbocycles. The third kappa shape index (κ3) is 2.82. The standard InChI is InChI=1S/C15H18BrN3O2/c1-20-12-4-3-10(7-11(12)16)14-18-13(21-19-14)8-15(9-17)5-2-6-15/h3-4,7H,2,5-6,8-9,17H2,1H3. The van der Waals surface area contributed by atoms with Gasteiger partial charge in [-0.2, -0.15) is 4.98 Å². The molecule has 1 heterocycles. The van der Waals surface area contributed by atoms with Crippen LogP contribution in [0.1, 0.15) is 25.2 Å². The van der Waals surface area contributed by atoms with Crippen LogP contribution in [-0.2, 0) is 6.42 Å². The monoisotopic (exact) mass is 351 g/mol. The molecule has 2 N–H and O–H groups in total. The first kappa shape index (κ1) is 14.5. The second kappa shape index (κ2) is 5.77. The SMILES string of the molecule is COc1ccc(-c2noc(CC3(CN)CCC3)n2)cc1Br. The fourth-order valence-corrected chi connectivity index (χ4v) is 3.24. The minimum atomic E-state index is 0.171. The number of nitrogens with two attached hydrogens (primary N) is 1. The highest BCUT2D eigenvalue weighted by Gasteiger charge is 2.37. The lowest BCUT2D eigenvalue weighted by Gasteiger charge is -2.39. The first-order valence-electron chi connectivity index (χ1n) is 7.02. The van der Waals surface area contributed by atoms with Crippen molar-refractivity contribution < 1.29 is 9.26 Å². The normalized spacial score (nSPS) is 16.5. The maximum Gasteiger partial charge on any atom is 0.227 e. The molecule has 0 atom stereocenters. The smallest absolute Gasteiger partial charge is 0.227 e. The summed E-state index contributed by atoms with van der Waals surface area (Å²) >= 11 is 3.46. The average molecular weight is 352 g/mol. The zero-order valence-corrected chi connectivity index (χ0v) is 13.5. The highest BCUT2D eigenvalue weighted by Crippen LogP contribution is 2.42. The molecule has 0 saturated heterocycles. The minimum absolute atomic E-state index is 0.171. The lowest BCUT2D eigenvalue weighted by Crippen LogP contribution is -2.39. The summed E-state index contributed by atoms with van der Waals surface area (Å²) in [6, 6.07) is 5.72. The van der Waals surface area contributed by atoms with E-state index in [9.17, 15) is 0 Å². The topological polar surface area (TPSA) is 74.2 Å². The second-order valence-corrected chi connectivity index (χ2v) is 6.45. The highest BCUT2D eigenvalue weighted by molar-refractivity contribution is 9.10. The second-order valence-electron chi connectivity index (χ2n) is 5.60. The van der Waals surface area contributed by atoms with E-state index in [1.54, 1.807) is 7.11 Å². The first-order chi connectivity index (χ1) is 10.2. The molecule has 0 aliphatic heterocycles. The molecule has 112 valence electrons. The van der Waals surface area contributed by atoms with Gasteiger partial charge in [0.25, 0.3) is 0 Å². The van der Waals surface area contributed by atoms with Crippen molar-refractivity contribution in [3.63, 3.8) is 0 Å². The summed E-state index contributed by atoms with van der Waals surface area (Å²) in [5, 5.41) is 4.07. The van der Waals surface area contributed by atoms with E-state index in [-0.39, 0.29) is 5.41 Å². The van der Waals surface area contributed by atoms with Gasteiger partial charge in [-0.15, -0.1) is 0 Å². The molecular weight excluding hydrogens is 334 g/mol. The summed E-state index contributed by atoms with van der Waals surface area (Å²) in [4.78, 5) is 4.50. The maximum absolute atomic E-state index is 5.88. The van der Waals surface area contributed by atoms with Gasteiger partial charge in [0.15, 0.2) is 0 Å². The van der Waals surface area contributed by atoms with Crippen molar-refractivity contribution in [1.29, 1.82) is 0 Å². The van der Waals surface area contributed by atoms with E-state index < -0.39 is 0 Å². The Morgan fingerprint density at radius 2 is 2.24 bits per heavy atom. The third-order valence-electron chi connectivity index (χ3n) is 4.25. The molecule has 1 aliphatic rings. The van der Waals surface area contributed by atoms with Crippen molar-refractivity contribution in [3.05, 3.63) is 28.6 Å². The van der Waals surface area contributed by atoms with E-state index in [1.807, 2.05) is 18.2 Å². The fourth-order valence-electron chi connectivity index (χ4n) is 2.70. The number of methoxy groups -OCH3 is 1. The van der Waals surface area contributed by atoms with Crippen LogP contribution in [0.4, 0.5) is 0 Å². The first-order valence-corrected chi connectivity index (χ1v) is 7.82. The van der Waals surface area contributed by atoms with Crippen molar-refractivity contribution in [2.24, 2.45) is 11.1 Å². The molecule has 0 spiro atoms. The summed E-state index contributed by atoms with van der Waals surface area (Å²) in [7, 11) is 1.64. The van der Waals surface area contributed by atoms with Crippen LogP contribution in [0.2, 0.25) is 0 Å². The van der Waals surface area contributed by atoms with E-state index >= 15 is 0 Å². The Labute approximate surface area is 132 Å². The van der Waals surface area contributed by atoms with Crippen LogP contribution in [0.5, 0.6) is 5.75 Å². The van der Waals surface area contributed by atoms with Crippen molar-refractivity contribution >= 4 is 15.9 Å². The van der Waals surface area contributed by atoms with Gasteiger partial charge in [0.05, 0.1) is 11.6 Å². The molecular formula is C15H18BrN3O2. The van der Waals surface area contributed by atoms with Crippen molar-refractivity contribution in [1.82, 2.24) is 10.1 Å². The van der Waals surface area contributed by atoms with Gasteiger partial charge in [-0.3, -0.25) is 0 Å². The van der Waals surface area contributed by atoms with Crippen LogP contribution in [0.3, 0.4) is 0 Å². The summed E-state index contributed by atoms with van der Waals surface area (Å²) < 4.78 is 11.5. The number of benzene rings is 1. The molecule has 5 nitrogen and oxygen atoms in total. The molecule has 1 saturated carbocycles. The number of rotatable bonds is 5. The Balaban J connectivity index is 1.80. The molecule has 0 amide bonds. The van der Waals surface area contributed by atoms with Gasteiger partial charge in [0.1, 0.15) is 5.75 Å². The third-order valence-corrected chi connectivity index (χ3v) is 4.87. The number of hydrogen-bond acceptors (Lipinski definition) is 5. The van der Waals surface area contributed by atoms with Gasteiger partial charge < -0.3 is 15.0 Å². The fraction of sp³-hybridized carbons (Fsp3) is 0.467. The molecule has 1 aliphatic carbocycles. The average Bonchev–Trinajstić information content (AvgIpc) is 2.91. The van der Waals surface area contributed by atoms with E-state index in [2.05, 4.69) is 26.1 Å². The summed E-state index contributed by atoms with van der Waals surface area (Å²) in [6.07, 6.45) is 4.31. The number of ether oxygens (including phenoxy) is 1. The Morgan fingerprint density at radius 3 is 2.81 bits per heavy atom. The van der Waals surface area contributed by atoms with E-state index in [4.69, 9.17) is 15.0 Å². The number of halogens is 1.